The summed E-state index contributed by atoms with van der Waals surface area (Å²) in [6, 6.07) is 7.15. The number of carbonyl (C=O) groups is 4. The maximum absolute atomic E-state index is 14.2. The van der Waals surface area contributed by atoms with E-state index in [9.17, 15) is 39.6 Å². The highest BCUT2D eigenvalue weighted by Gasteiger charge is 2.64. The second kappa shape index (κ2) is 11.9. The van der Waals surface area contributed by atoms with Crippen LogP contribution in [0.4, 0.5) is 5.69 Å². The fourth-order valence-corrected chi connectivity index (χ4v) is 7.14. The van der Waals surface area contributed by atoms with Crippen molar-refractivity contribution >= 4 is 34.8 Å². The van der Waals surface area contributed by atoms with E-state index < -0.39 is 58.0 Å². The van der Waals surface area contributed by atoms with Gasteiger partial charge in [0.2, 0.25) is 5.78 Å². The number of anilines is 1. The number of fused-ring (bicyclic) bond motifs is 3. The van der Waals surface area contributed by atoms with Crippen molar-refractivity contribution < 1.29 is 39.6 Å². The monoisotopic (exact) mass is 633 g/mol. The van der Waals surface area contributed by atoms with E-state index >= 15 is 0 Å². The molecule has 0 radical (unpaired) electrons. The zero-order valence-corrected chi connectivity index (χ0v) is 26.1. The minimum absolute atomic E-state index is 0.0115. The predicted molar refractivity (Wildman–Crippen MR) is 170 cm³/mol. The fourth-order valence-electron chi connectivity index (χ4n) is 7.14. The number of aromatic hydroxyl groups is 1. The molecule has 0 aromatic heterocycles. The van der Waals surface area contributed by atoms with Crippen LogP contribution in [0, 0.1) is 11.8 Å². The first-order valence-corrected chi connectivity index (χ1v) is 15.0. The van der Waals surface area contributed by atoms with Crippen molar-refractivity contribution in [3.8, 4) is 16.9 Å². The Labute approximate surface area is 265 Å². The third-order valence-corrected chi connectivity index (χ3v) is 9.28. The van der Waals surface area contributed by atoms with Crippen LogP contribution in [0.15, 0.2) is 47.2 Å². The first-order chi connectivity index (χ1) is 21.7. The molecule has 0 heterocycles. The van der Waals surface area contributed by atoms with Crippen LogP contribution in [0.5, 0.6) is 5.75 Å². The maximum atomic E-state index is 14.2. The minimum Gasteiger partial charge on any atom is -0.508 e. The zero-order valence-electron chi connectivity index (χ0n) is 26.1. The molecule has 13 heteroatoms. The number of hydrogen-bond acceptors (Lipinski definition) is 11. The number of likely N-dealkylation sites (N-methyl/N-ethyl adjacent to an activating group) is 1. The van der Waals surface area contributed by atoms with Gasteiger partial charge in [-0.1, -0.05) is 12.1 Å². The van der Waals surface area contributed by atoms with Gasteiger partial charge in [-0.05, 0) is 75.1 Å². The Kier molecular flexibility index (Phi) is 8.45. The van der Waals surface area contributed by atoms with Gasteiger partial charge in [-0.25, -0.2) is 0 Å². The third kappa shape index (κ3) is 4.91. The molecule has 2 amide bonds. The number of nitrogens with zero attached hydrogens (tertiary/aromatic N) is 2. The number of amides is 2. The van der Waals surface area contributed by atoms with Crippen LogP contribution in [-0.4, -0.2) is 102 Å². The summed E-state index contributed by atoms with van der Waals surface area (Å²) in [5.41, 5.74) is 9.31. The normalized spacial score (nSPS) is 24.0. The van der Waals surface area contributed by atoms with Crippen LogP contribution in [0.1, 0.15) is 34.3 Å². The smallest absolute Gasteiger partial charge is 0.255 e. The number of aliphatic hydroxyl groups is 3. The number of ketones is 2. The molecule has 1 saturated carbocycles. The Morgan fingerprint density at radius 3 is 2.39 bits per heavy atom. The summed E-state index contributed by atoms with van der Waals surface area (Å²) in [5.74, 6) is -7.46. The van der Waals surface area contributed by atoms with Crippen LogP contribution in [0.3, 0.4) is 0 Å². The van der Waals surface area contributed by atoms with Crippen molar-refractivity contribution in [1.82, 2.24) is 10.2 Å². The molecule has 4 atom stereocenters. The molecule has 3 aliphatic carbocycles. The van der Waals surface area contributed by atoms with Crippen molar-refractivity contribution in [1.29, 1.82) is 0 Å². The van der Waals surface area contributed by atoms with Crippen LogP contribution >= 0.6 is 0 Å². The molecule has 244 valence electrons. The SMILES string of the molecule is CN(C)c1cc(-c2cccc(C(=O)NCCCN)c2)c(O)c2c1C[C@H]1C[C@H]3[C@H](N(C)C)C(=O)C(C(N)=O)=C(O)[C@@]3(O)C(=O)C1=C2O. The van der Waals surface area contributed by atoms with E-state index in [1.54, 1.807) is 63.4 Å². The topological polar surface area (TPSA) is 220 Å². The van der Waals surface area contributed by atoms with Gasteiger partial charge in [0.05, 0.1) is 11.6 Å². The number of nitrogens with two attached hydrogens (primary N) is 2. The number of carbonyl (C=O) groups excluding carboxylic acids is 4. The molecule has 0 saturated heterocycles. The summed E-state index contributed by atoms with van der Waals surface area (Å²) in [7, 11) is 6.68. The first-order valence-electron chi connectivity index (χ1n) is 15.0. The first kappa shape index (κ1) is 32.7. The van der Waals surface area contributed by atoms with E-state index in [1.165, 1.54) is 4.90 Å². The molecule has 3 aliphatic rings. The average molecular weight is 634 g/mol. The van der Waals surface area contributed by atoms with Gasteiger partial charge in [-0.2, -0.15) is 0 Å². The Morgan fingerprint density at radius 1 is 1.09 bits per heavy atom. The molecular formula is C33H39N5O8. The van der Waals surface area contributed by atoms with Crippen molar-refractivity contribution in [2.24, 2.45) is 23.3 Å². The number of benzene rings is 2. The van der Waals surface area contributed by atoms with E-state index in [0.717, 1.165) is 0 Å². The largest absolute Gasteiger partial charge is 0.508 e. The lowest BCUT2D eigenvalue weighted by molar-refractivity contribution is -0.153. The number of hydrogen-bond donors (Lipinski definition) is 7. The molecule has 2 aromatic rings. The molecule has 46 heavy (non-hydrogen) atoms. The minimum atomic E-state index is -2.73. The van der Waals surface area contributed by atoms with Crippen molar-refractivity contribution in [2.45, 2.75) is 30.9 Å². The lowest BCUT2D eigenvalue weighted by Gasteiger charge is -2.50. The molecule has 0 spiro atoms. The number of nitrogens with one attached hydrogen (secondary N) is 1. The fraction of sp³-hybridized carbons (Fsp3) is 0.394. The lowest BCUT2D eigenvalue weighted by atomic mass is 9.57. The van der Waals surface area contributed by atoms with E-state index in [2.05, 4.69) is 5.32 Å². The third-order valence-electron chi connectivity index (χ3n) is 9.28. The predicted octanol–water partition coefficient (Wildman–Crippen LogP) is 0.776. The molecule has 0 bridgehead atoms. The quantitative estimate of drug-likeness (QED) is 0.159. The van der Waals surface area contributed by atoms with Gasteiger partial charge in [-0.3, -0.25) is 24.1 Å². The van der Waals surface area contributed by atoms with Gasteiger partial charge < -0.3 is 42.1 Å². The highest BCUT2D eigenvalue weighted by molar-refractivity contribution is 6.24. The number of primary amides is 1. The summed E-state index contributed by atoms with van der Waals surface area (Å²) in [5, 5.41) is 49.2. The van der Waals surface area contributed by atoms with Gasteiger partial charge in [0.1, 0.15) is 22.8 Å². The van der Waals surface area contributed by atoms with E-state index in [1.807, 2.05) is 0 Å². The summed E-state index contributed by atoms with van der Waals surface area (Å²) in [4.78, 5) is 55.8. The lowest BCUT2D eigenvalue weighted by Crippen LogP contribution is -2.65. The average Bonchev–Trinajstić information content (AvgIpc) is 2.98. The molecule has 2 aromatic carbocycles. The van der Waals surface area contributed by atoms with E-state index in [-0.39, 0.29) is 41.2 Å². The Morgan fingerprint density at radius 2 is 1.78 bits per heavy atom. The van der Waals surface area contributed by atoms with Crippen molar-refractivity contribution in [2.75, 3.05) is 46.2 Å². The summed E-state index contributed by atoms with van der Waals surface area (Å²) >= 11 is 0. The number of phenols is 1. The Balaban J connectivity index is 1.69. The van der Waals surface area contributed by atoms with Crippen molar-refractivity contribution in [3.63, 3.8) is 0 Å². The second-order valence-corrected chi connectivity index (χ2v) is 12.5. The molecule has 5 rings (SSSR count). The molecule has 1 fully saturated rings. The van der Waals surface area contributed by atoms with Crippen molar-refractivity contribution in [3.05, 3.63) is 63.9 Å². The Bertz CT molecular complexity index is 1730. The molecule has 0 aliphatic heterocycles. The second-order valence-electron chi connectivity index (χ2n) is 12.5. The number of Topliss-reactive ketones (excluding diaryl/α,β-unsaturated/α-hetero) is 2. The van der Waals surface area contributed by atoms with Gasteiger partial charge in [-0.15, -0.1) is 0 Å². The van der Waals surface area contributed by atoms with E-state index in [4.69, 9.17) is 11.5 Å². The van der Waals surface area contributed by atoms with Gasteiger partial charge >= 0.3 is 0 Å². The number of aliphatic hydroxyl groups excluding tert-OH is 2. The highest BCUT2D eigenvalue weighted by Crippen LogP contribution is 2.55. The van der Waals surface area contributed by atoms with Gasteiger partial charge in [0.25, 0.3) is 11.8 Å². The van der Waals surface area contributed by atoms with Gasteiger partial charge in [0, 0.05) is 48.9 Å². The van der Waals surface area contributed by atoms with E-state index in [0.29, 0.717) is 41.9 Å². The maximum Gasteiger partial charge on any atom is 0.255 e. The van der Waals surface area contributed by atoms with Crippen LogP contribution < -0.4 is 21.7 Å². The summed E-state index contributed by atoms with van der Waals surface area (Å²) in [6.45, 7) is 0.820. The highest BCUT2D eigenvalue weighted by atomic mass is 16.3. The summed E-state index contributed by atoms with van der Waals surface area (Å²) in [6.07, 6.45) is 0.748. The van der Waals surface area contributed by atoms with Gasteiger partial charge in [0.15, 0.2) is 11.4 Å². The van der Waals surface area contributed by atoms with Crippen LogP contribution in [0.2, 0.25) is 0 Å². The molecule has 0 unspecified atom stereocenters. The molecular weight excluding hydrogens is 594 g/mol. The molecule has 9 N–H and O–H groups in total. The van der Waals surface area contributed by atoms with Crippen LogP contribution in [-0.2, 0) is 20.8 Å². The standard InChI is InChI=1S/C33H39N5O8/c1-37(2)21-14-18(15-7-5-8-16(11-15)32(45)36-10-6-9-34)26(39)23-19(21)12-17-13-20-25(38(3)4)28(41)24(31(35)44)30(43)33(20,46)29(42)22(17)27(23)40/h5,7-8,11,14,17,20,25,39-40,43,46H,6,9-10,12-13,34H2,1-4H3,(H2,35,44)(H,36,45)/t17-,20-,25-,33-/m0/s1. The Hall–Kier alpha value is -4.72. The number of phenolic OH excluding ortho intramolecular Hbond substituents is 1. The van der Waals surface area contributed by atoms with Crippen LogP contribution in [0.25, 0.3) is 16.9 Å². The number of rotatable bonds is 8. The zero-order chi connectivity index (χ0) is 33.8. The molecule has 13 nitrogen and oxygen atoms in total. The summed E-state index contributed by atoms with van der Waals surface area (Å²) < 4.78 is 0.